The molecule has 0 spiro atoms. The highest BCUT2D eigenvalue weighted by Crippen LogP contribution is 2.44. The van der Waals surface area contributed by atoms with Crippen LogP contribution in [0.1, 0.15) is 51.0 Å². The van der Waals surface area contributed by atoms with Crippen molar-refractivity contribution in [1.29, 1.82) is 0 Å². The van der Waals surface area contributed by atoms with E-state index in [9.17, 15) is 0 Å². The summed E-state index contributed by atoms with van der Waals surface area (Å²) >= 11 is 0. The van der Waals surface area contributed by atoms with Crippen LogP contribution in [-0.4, -0.2) is 7.11 Å². The highest BCUT2D eigenvalue weighted by atomic mass is 16.5. The Balaban J connectivity index is 2.29. The van der Waals surface area contributed by atoms with Crippen molar-refractivity contribution < 1.29 is 4.74 Å². The van der Waals surface area contributed by atoms with Crippen LogP contribution in [0.25, 0.3) is 0 Å². The summed E-state index contributed by atoms with van der Waals surface area (Å²) in [5, 5.41) is 0. The molecule has 0 amide bonds. The fourth-order valence-electron chi connectivity index (χ4n) is 3.32. The van der Waals surface area contributed by atoms with Crippen LogP contribution in [0.5, 0.6) is 5.75 Å². The molecule has 0 heterocycles. The van der Waals surface area contributed by atoms with Gasteiger partial charge in [-0.25, -0.2) is 0 Å². The average molecular weight is 244 g/mol. The summed E-state index contributed by atoms with van der Waals surface area (Å²) in [6.07, 6.45) is 7.80. The molecule has 1 aliphatic carbocycles. The minimum absolute atomic E-state index is 0.330. The second-order valence-electron chi connectivity index (χ2n) is 5.70. The van der Waals surface area contributed by atoms with E-state index in [1.165, 1.54) is 43.2 Å². The maximum absolute atomic E-state index is 5.25. The first-order valence-corrected chi connectivity index (χ1v) is 6.95. The Morgan fingerprint density at radius 3 is 2.28 bits per heavy atom. The van der Waals surface area contributed by atoms with Gasteiger partial charge in [0.1, 0.15) is 5.75 Å². The van der Waals surface area contributed by atoms with Crippen LogP contribution in [0.3, 0.4) is 0 Å². The Kier molecular flexibility index (Phi) is 4.11. The van der Waals surface area contributed by atoms with Crippen molar-refractivity contribution in [2.24, 2.45) is 0 Å². The summed E-state index contributed by atoms with van der Waals surface area (Å²) in [6.45, 7) is 6.28. The van der Waals surface area contributed by atoms with E-state index >= 15 is 0 Å². The summed E-state index contributed by atoms with van der Waals surface area (Å²) in [5.74, 6) is 0.944. The first kappa shape index (κ1) is 13.2. The van der Waals surface area contributed by atoms with E-state index in [1.807, 2.05) is 0 Å². The van der Waals surface area contributed by atoms with E-state index in [0.29, 0.717) is 5.41 Å². The highest BCUT2D eigenvalue weighted by Gasteiger charge is 2.33. The largest absolute Gasteiger partial charge is 0.497 e. The lowest BCUT2D eigenvalue weighted by Gasteiger charge is -2.38. The lowest BCUT2D eigenvalue weighted by Crippen LogP contribution is -2.29. The zero-order valence-corrected chi connectivity index (χ0v) is 11.7. The summed E-state index contributed by atoms with van der Waals surface area (Å²) in [7, 11) is 1.72. The lowest BCUT2D eigenvalue weighted by molar-refractivity contribution is 0.290. The average Bonchev–Trinajstić information content (AvgIpc) is 2.39. The summed E-state index contributed by atoms with van der Waals surface area (Å²) in [6, 6.07) is 8.66. The standard InChI is InChI=1S/C17H24O/c1-14(2)13-17(11-5-4-6-12-17)15-7-9-16(18-3)10-8-15/h7-10H,1,4-6,11-13H2,2-3H3. The van der Waals surface area contributed by atoms with Crippen molar-refractivity contribution in [3.05, 3.63) is 42.0 Å². The third-order valence-electron chi connectivity index (χ3n) is 4.15. The van der Waals surface area contributed by atoms with Crippen LogP contribution < -0.4 is 4.74 Å². The van der Waals surface area contributed by atoms with Crippen LogP contribution in [0.2, 0.25) is 0 Å². The van der Waals surface area contributed by atoms with Gasteiger partial charge in [0.25, 0.3) is 0 Å². The molecule has 1 aliphatic rings. The van der Waals surface area contributed by atoms with Crippen molar-refractivity contribution in [2.75, 3.05) is 7.11 Å². The third-order valence-corrected chi connectivity index (χ3v) is 4.15. The quantitative estimate of drug-likeness (QED) is 0.687. The highest BCUT2D eigenvalue weighted by molar-refractivity contribution is 5.34. The minimum atomic E-state index is 0.330. The van der Waals surface area contributed by atoms with Gasteiger partial charge in [-0.05, 0) is 49.3 Å². The van der Waals surface area contributed by atoms with Gasteiger partial charge in [-0.15, -0.1) is 6.58 Å². The zero-order valence-electron chi connectivity index (χ0n) is 11.7. The Labute approximate surface area is 111 Å². The molecule has 1 aromatic rings. The molecule has 0 aliphatic heterocycles. The van der Waals surface area contributed by atoms with Crippen molar-refractivity contribution >= 4 is 0 Å². The molecule has 1 saturated carbocycles. The maximum Gasteiger partial charge on any atom is 0.118 e. The third kappa shape index (κ3) is 2.77. The number of allylic oxidation sites excluding steroid dienone is 1. The molecule has 18 heavy (non-hydrogen) atoms. The predicted molar refractivity (Wildman–Crippen MR) is 77.2 cm³/mol. The Bertz CT molecular complexity index is 396. The molecule has 98 valence electrons. The van der Waals surface area contributed by atoms with Crippen molar-refractivity contribution in [3.63, 3.8) is 0 Å². The van der Waals surface area contributed by atoms with Crippen molar-refractivity contribution in [1.82, 2.24) is 0 Å². The van der Waals surface area contributed by atoms with Gasteiger partial charge in [0.15, 0.2) is 0 Å². The summed E-state index contributed by atoms with van der Waals surface area (Å²) in [5.41, 5.74) is 3.09. The number of ether oxygens (including phenoxy) is 1. The molecular weight excluding hydrogens is 220 g/mol. The van der Waals surface area contributed by atoms with Crippen molar-refractivity contribution in [3.8, 4) is 5.75 Å². The molecule has 1 nitrogen and oxygen atoms in total. The molecular formula is C17H24O. The molecule has 1 fully saturated rings. The first-order valence-electron chi connectivity index (χ1n) is 6.95. The van der Waals surface area contributed by atoms with Crippen LogP contribution in [0, 0.1) is 0 Å². The predicted octanol–water partition coefficient (Wildman–Crippen LogP) is 4.86. The number of benzene rings is 1. The van der Waals surface area contributed by atoms with E-state index in [1.54, 1.807) is 7.11 Å². The monoisotopic (exact) mass is 244 g/mol. The topological polar surface area (TPSA) is 9.23 Å². The molecule has 2 rings (SSSR count). The van der Waals surface area contributed by atoms with E-state index in [2.05, 4.69) is 37.8 Å². The summed E-state index contributed by atoms with van der Waals surface area (Å²) in [4.78, 5) is 0. The molecule has 0 unspecified atom stereocenters. The Morgan fingerprint density at radius 1 is 1.17 bits per heavy atom. The molecule has 0 saturated heterocycles. The van der Waals surface area contributed by atoms with Crippen LogP contribution >= 0.6 is 0 Å². The molecule has 0 aromatic heterocycles. The number of hydrogen-bond acceptors (Lipinski definition) is 1. The second kappa shape index (κ2) is 5.60. The van der Waals surface area contributed by atoms with Crippen LogP contribution in [0.15, 0.2) is 36.4 Å². The molecule has 0 N–H and O–H groups in total. The smallest absolute Gasteiger partial charge is 0.118 e. The fourth-order valence-corrected chi connectivity index (χ4v) is 3.32. The lowest BCUT2D eigenvalue weighted by atomic mass is 9.66. The number of rotatable bonds is 4. The Hall–Kier alpha value is -1.24. The van der Waals surface area contributed by atoms with Crippen LogP contribution in [-0.2, 0) is 5.41 Å². The van der Waals surface area contributed by atoms with Gasteiger partial charge in [0.2, 0.25) is 0 Å². The molecule has 0 radical (unpaired) electrons. The van der Waals surface area contributed by atoms with E-state index in [-0.39, 0.29) is 0 Å². The maximum atomic E-state index is 5.25. The first-order chi connectivity index (χ1) is 8.66. The molecule has 1 heteroatoms. The summed E-state index contributed by atoms with van der Waals surface area (Å²) < 4.78 is 5.25. The second-order valence-corrected chi connectivity index (χ2v) is 5.70. The van der Waals surface area contributed by atoms with E-state index < -0.39 is 0 Å². The zero-order chi connectivity index (χ0) is 13.0. The van der Waals surface area contributed by atoms with Gasteiger partial charge in [-0.1, -0.05) is 37.0 Å². The van der Waals surface area contributed by atoms with Gasteiger partial charge < -0.3 is 4.74 Å². The fraction of sp³-hybridized carbons (Fsp3) is 0.529. The SMILES string of the molecule is C=C(C)CC1(c2ccc(OC)cc2)CCCCC1. The number of methoxy groups -OCH3 is 1. The van der Waals surface area contributed by atoms with Gasteiger partial charge in [-0.2, -0.15) is 0 Å². The molecule has 0 bridgehead atoms. The van der Waals surface area contributed by atoms with E-state index in [0.717, 1.165) is 12.2 Å². The van der Waals surface area contributed by atoms with Crippen LogP contribution in [0.4, 0.5) is 0 Å². The van der Waals surface area contributed by atoms with Gasteiger partial charge in [0, 0.05) is 0 Å². The molecule has 0 atom stereocenters. The minimum Gasteiger partial charge on any atom is -0.497 e. The normalized spacial score (nSPS) is 18.3. The van der Waals surface area contributed by atoms with Gasteiger partial charge >= 0.3 is 0 Å². The van der Waals surface area contributed by atoms with E-state index in [4.69, 9.17) is 4.74 Å². The van der Waals surface area contributed by atoms with Crippen molar-refractivity contribution in [2.45, 2.75) is 50.9 Å². The van der Waals surface area contributed by atoms with Gasteiger partial charge in [0.05, 0.1) is 7.11 Å². The molecule has 1 aromatic carbocycles. The number of hydrogen-bond donors (Lipinski definition) is 0. The van der Waals surface area contributed by atoms with Gasteiger partial charge in [-0.3, -0.25) is 0 Å². The Morgan fingerprint density at radius 2 is 1.78 bits per heavy atom.